The Morgan fingerprint density at radius 3 is 2.60 bits per heavy atom. The number of carboxylic acids is 1. The maximum Gasteiger partial charge on any atom is 0.328 e. The third-order valence-electron chi connectivity index (χ3n) is 3.09. The van der Waals surface area contributed by atoms with Crippen LogP contribution in [-0.4, -0.2) is 25.5 Å². The van der Waals surface area contributed by atoms with Crippen LogP contribution < -0.4 is 4.72 Å². The van der Waals surface area contributed by atoms with Crippen molar-refractivity contribution in [3.63, 3.8) is 0 Å². The molecule has 7 heteroatoms. The summed E-state index contributed by atoms with van der Waals surface area (Å²) < 4.78 is 26.8. The Balaban J connectivity index is 2.22. The normalized spacial score (nSPS) is 16.2. The highest BCUT2D eigenvalue weighted by atomic mass is 35.5. The van der Waals surface area contributed by atoms with Crippen LogP contribution in [0.25, 0.3) is 6.08 Å². The molecular formula is C13H14ClNO4S. The smallest absolute Gasteiger partial charge is 0.328 e. The Morgan fingerprint density at radius 1 is 1.40 bits per heavy atom. The predicted molar refractivity (Wildman–Crippen MR) is 76.1 cm³/mol. The Hall–Kier alpha value is -1.37. The molecule has 2 N–H and O–H groups in total. The number of halogens is 1. The molecule has 0 spiro atoms. The Bertz CT molecular complexity index is 650. The lowest BCUT2D eigenvalue weighted by atomic mass is 9.94. The molecule has 108 valence electrons. The number of rotatable bonds is 5. The Labute approximate surface area is 122 Å². The van der Waals surface area contributed by atoms with Crippen molar-refractivity contribution in [2.24, 2.45) is 0 Å². The SMILES string of the molecule is O=C(O)C=Cc1ccc(S(=O)(=O)NC2CCC2)c(Cl)c1. The second-order valence-electron chi connectivity index (χ2n) is 4.61. The molecule has 0 bridgehead atoms. The lowest BCUT2D eigenvalue weighted by molar-refractivity contribution is -0.131. The molecule has 1 aliphatic rings. The van der Waals surface area contributed by atoms with E-state index in [-0.39, 0.29) is 16.0 Å². The van der Waals surface area contributed by atoms with E-state index in [9.17, 15) is 13.2 Å². The molecule has 1 fully saturated rings. The lowest BCUT2D eigenvalue weighted by Gasteiger charge is -2.26. The van der Waals surface area contributed by atoms with Crippen molar-refractivity contribution in [1.82, 2.24) is 4.72 Å². The van der Waals surface area contributed by atoms with Gasteiger partial charge in [-0.15, -0.1) is 0 Å². The van der Waals surface area contributed by atoms with Crippen LogP contribution in [0.2, 0.25) is 5.02 Å². The van der Waals surface area contributed by atoms with E-state index in [0.29, 0.717) is 5.56 Å². The maximum absolute atomic E-state index is 12.1. The van der Waals surface area contributed by atoms with Crippen LogP contribution in [0.3, 0.4) is 0 Å². The van der Waals surface area contributed by atoms with E-state index in [1.807, 2.05) is 0 Å². The topological polar surface area (TPSA) is 83.5 Å². The van der Waals surface area contributed by atoms with E-state index in [0.717, 1.165) is 25.3 Å². The fraction of sp³-hybridized carbons (Fsp3) is 0.308. The van der Waals surface area contributed by atoms with Crippen molar-refractivity contribution >= 4 is 33.7 Å². The van der Waals surface area contributed by atoms with Crippen LogP contribution >= 0.6 is 11.6 Å². The minimum absolute atomic E-state index is 0.0114. The summed E-state index contributed by atoms with van der Waals surface area (Å²) >= 11 is 5.97. The molecule has 1 saturated carbocycles. The summed E-state index contributed by atoms with van der Waals surface area (Å²) in [5.74, 6) is -1.08. The predicted octanol–water partition coefficient (Wildman–Crippen LogP) is 2.27. The molecule has 0 radical (unpaired) electrons. The van der Waals surface area contributed by atoms with Gasteiger partial charge in [0.05, 0.1) is 5.02 Å². The van der Waals surface area contributed by atoms with Crippen molar-refractivity contribution in [3.05, 3.63) is 34.9 Å². The molecule has 0 amide bonds. The van der Waals surface area contributed by atoms with E-state index in [1.54, 1.807) is 0 Å². The summed E-state index contributed by atoms with van der Waals surface area (Å²) in [6.45, 7) is 0. The molecule has 20 heavy (non-hydrogen) atoms. The molecule has 5 nitrogen and oxygen atoms in total. The highest BCUT2D eigenvalue weighted by Gasteiger charge is 2.26. The third kappa shape index (κ3) is 3.59. The van der Waals surface area contributed by atoms with Gasteiger partial charge in [0.2, 0.25) is 10.0 Å². The van der Waals surface area contributed by atoms with Crippen LogP contribution in [0.5, 0.6) is 0 Å². The molecule has 0 heterocycles. The number of sulfonamides is 1. The van der Waals surface area contributed by atoms with E-state index in [1.165, 1.54) is 24.3 Å². The molecule has 0 aromatic heterocycles. The molecule has 0 unspecified atom stereocenters. The number of carboxylic acid groups (broad SMARTS) is 1. The summed E-state index contributed by atoms with van der Waals surface area (Å²) in [4.78, 5) is 10.4. The second-order valence-corrected chi connectivity index (χ2v) is 6.70. The summed E-state index contributed by atoms with van der Waals surface area (Å²) in [5, 5.41) is 8.61. The average Bonchev–Trinajstić information content (AvgIpc) is 2.31. The van der Waals surface area contributed by atoms with Crippen LogP contribution in [0.4, 0.5) is 0 Å². The van der Waals surface area contributed by atoms with Gasteiger partial charge in [-0.25, -0.2) is 17.9 Å². The van der Waals surface area contributed by atoms with E-state index in [2.05, 4.69) is 4.72 Å². The average molecular weight is 316 g/mol. The molecule has 0 aliphatic heterocycles. The van der Waals surface area contributed by atoms with Gasteiger partial charge in [0.1, 0.15) is 4.90 Å². The van der Waals surface area contributed by atoms with Gasteiger partial charge >= 0.3 is 5.97 Å². The third-order valence-corrected chi connectivity index (χ3v) is 5.09. The molecule has 0 atom stereocenters. The highest BCUT2D eigenvalue weighted by molar-refractivity contribution is 7.89. The minimum atomic E-state index is -3.62. The summed E-state index contributed by atoms with van der Waals surface area (Å²) in [6.07, 6.45) is 5.03. The van der Waals surface area contributed by atoms with Gasteiger partial charge in [-0.3, -0.25) is 0 Å². The van der Waals surface area contributed by atoms with Crippen molar-refractivity contribution in [2.75, 3.05) is 0 Å². The summed E-state index contributed by atoms with van der Waals surface area (Å²) in [5.41, 5.74) is 0.528. The first-order chi connectivity index (χ1) is 9.38. The minimum Gasteiger partial charge on any atom is -0.478 e. The fourth-order valence-electron chi connectivity index (χ4n) is 1.82. The number of aliphatic carboxylic acids is 1. The highest BCUT2D eigenvalue weighted by Crippen LogP contribution is 2.26. The van der Waals surface area contributed by atoms with Gasteiger partial charge in [-0.05, 0) is 36.6 Å². The quantitative estimate of drug-likeness (QED) is 0.816. The molecule has 1 aromatic rings. The van der Waals surface area contributed by atoms with Crippen LogP contribution in [0.15, 0.2) is 29.2 Å². The molecule has 0 saturated heterocycles. The number of hydrogen-bond donors (Lipinski definition) is 2. The van der Waals surface area contributed by atoms with Crippen LogP contribution in [0.1, 0.15) is 24.8 Å². The van der Waals surface area contributed by atoms with E-state index >= 15 is 0 Å². The first kappa shape index (κ1) is 15.0. The zero-order chi connectivity index (χ0) is 14.8. The molecule has 2 rings (SSSR count). The van der Waals surface area contributed by atoms with Crippen molar-refractivity contribution in [2.45, 2.75) is 30.2 Å². The van der Waals surface area contributed by atoms with Crippen LogP contribution in [-0.2, 0) is 14.8 Å². The van der Waals surface area contributed by atoms with Crippen LogP contribution in [0, 0.1) is 0 Å². The van der Waals surface area contributed by atoms with Crippen molar-refractivity contribution in [3.8, 4) is 0 Å². The Morgan fingerprint density at radius 2 is 2.10 bits per heavy atom. The number of nitrogens with one attached hydrogen (secondary N) is 1. The monoisotopic (exact) mass is 315 g/mol. The maximum atomic E-state index is 12.1. The zero-order valence-electron chi connectivity index (χ0n) is 10.5. The van der Waals surface area contributed by atoms with Gasteiger partial charge in [0.25, 0.3) is 0 Å². The molecule has 1 aromatic carbocycles. The fourth-order valence-corrected chi connectivity index (χ4v) is 3.67. The van der Waals surface area contributed by atoms with Gasteiger partial charge in [-0.2, -0.15) is 0 Å². The van der Waals surface area contributed by atoms with E-state index in [4.69, 9.17) is 16.7 Å². The largest absolute Gasteiger partial charge is 0.478 e. The zero-order valence-corrected chi connectivity index (χ0v) is 12.1. The summed E-state index contributed by atoms with van der Waals surface area (Å²) in [6, 6.07) is 4.31. The lowest BCUT2D eigenvalue weighted by Crippen LogP contribution is -2.39. The van der Waals surface area contributed by atoms with Crippen molar-refractivity contribution in [1.29, 1.82) is 0 Å². The van der Waals surface area contributed by atoms with Crippen molar-refractivity contribution < 1.29 is 18.3 Å². The number of hydrogen-bond acceptors (Lipinski definition) is 3. The number of benzene rings is 1. The van der Waals surface area contributed by atoms with E-state index < -0.39 is 16.0 Å². The summed E-state index contributed by atoms with van der Waals surface area (Å²) in [7, 11) is -3.62. The van der Waals surface area contributed by atoms with Gasteiger partial charge < -0.3 is 5.11 Å². The first-order valence-corrected chi connectivity index (χ1v) is 7.97. The standard InChI is InChI=1S/C13H14ClNO4S/c14-11-8-9(5-7-13(16)17)4-6-12(11)20(18,19)15-10-2-1-3-10/h4-8,10,15H,1-3H2,(H,16,17). The Kier molecular flexibility index (Phi) is 4.47. The van der Waals surface area contributed by atoms with Gasteiger partial charge in [0.15, 0.2) is 0 Å². The van der Waals surface area contributed by atoms with Gasteiger partial charge in [-0.1, -0.05) is 24.1 Å². The van der Waals surface area contributed by atoms with Gasteiger partial charge in [0, 0.05) is 12.1 Å². The first-order valence-electron chi connectivity index (χ1n) is 6.11. The number of carbonyl (C=O) groups is 1. The molecule has 1 aliphatic carbocycles. The molecular weight excluding hydrogens is 302 g/mol. The second kappa shape index (κ2) is 5.95.